The van der Waals surface area contributed by atoms with E-state index in [2.05, 4.69) is 6.08 Å². The Morgan fingerprint density at radius 1 is 1.22 bits per heavy atom. The first-order valence-corrected chi connectivity index (χ1v) is 6.84. The topological polar surface area (TPSA) is 83.5 Å². The summed E-state index contributed by atoms with van der Waals surface area (Å²) < 4.78 is 0. The van der Waals surface area contributed by atoms with Crippen molar-refractivity contribution in [2.24, 2.45) is 0 Å². The van der Waals surface area contributed by atoms with Gasteiger partial charge in [-0.3, -0.25) is 9.59 Å². The van der Waals surface area contributed by atoms with Gasteiger partial charge in [0.2, 0.25) is 0 Å². The monoisotopic (exact) mass is 557 g/mol. The van der Waals surface area contributed by atoms with Gasteiger partial charge in [0.15, 0.2) is 5.78 Å². The smallest absolute Gasteiger partial charge is 0.320 e. The van der Waals surface area contributed by atoms with Crippen LogP contribution in [0, 0.1) is 6.92 Å². The number of benzene rings is 1. The average Bonchev–Trinajstić information content (AvgIpc) is 2.54. The Morgan fingerprint density at radius 2 is 1.87 bits per heavy atom. The molecule has 1 aliphatic carbocycles. The minimum atomic E-state index is -1.07. The van der Waals surface area contributed by atoms with E-state index in [9.17, 15) is 14.4 Å². The Bertz CT molecular complexity index is 591. The van der Waals surface area contributed by atoms with Gasteiger partial charge in [-0.1, -0.05) is 48.1 Å². The van der Waals surface area contributed by atoms with Crippen molar-refractivity contribution in [3.8, 4) is 0 Å². The Morgan fingerprint density at radius 3 is 2.30 bits per heavy atom. The van der Waals surface area contributed by atoms with Crippen molar-refractivity contribution in [3.63, 3.8) is 0 Å². The second kappa shape index (κ2) is 10.1. The maximum absolute atomic E-state index is 12.0. The fraction of sp³-hybridized carbons (Fsp3) is 0.235. The number of ketones is 1. The maximum Gasteiger partial charge on any atom is 0.320 e. The van der Waals surface area contributed by atoms with E-state index in [-0.39, 0.29) is 12.3 Å². The zero-order valence-electron chi connectivity index (χ0n) is 12.6. The molecule has 0 spiro atoms. The van der Waals surface area contributed by atoms with Crippen LogP contribution in [0.5, 0.6) is 0 Å². The van der Waals surface area contributed by atoms with Gasteiger partial charge >= 0.3 is 5.97 Å². The number of carboxylic acid groups (broad SMARTS) is 1. The van der Waals surface area contributed by atoms with Crippen LogP contribution < -0.4 is 5.32 Å². The van der Waals surface area contributed by atoms with Gasteiger partial charge in [0.1, 0.15) is 0 Å². The molecule has 0 radical (unpaired) electrons. The SMILES string of the molecule is Cc1ccc(C(=O)C2=CCCC=C2)cc1.O=[C-]NCC(=O)O.[Fm]. The largest absolute Gasteiger partial charge is 0.521 e. The van der Waals surface area contributed by atoms with Crippen LogP contribution in [0.25, 0.3) is 0 Å². The van der Waals surface area contributed by atoms with E-state index < -0.39 is 5.97 Å². The quantitative estimate of drug-likeness (QED) is 0.331. The number of carbonyl (C=O) groups is 2. The number of allylic oxidation sites excluding steroid dienone is 4. The van der Waals surface area contributed by atoms with Gasteiger partial charge in [0.25, 0.3) is 0 Å². The number of nitrogens with one attached hydrogen (secondary N) is 1. The third-order valence-electron chi connectivity index (χ3n) is 2.88. The second-order valence-corrected chi connectivity index (χ2v) is 4.68. The Kier molecular flexibility index (Phi) is 8.48. The van der Waals surface area contributed by atoms with Crippen LogP contribution in [-0.2, 0) is 9.59 Å². The second-order valence-electron chi connectivity index (χ2n) is 4.68. The van der Waals surface area contributed by atoms with Crippen LogP contribution in [-0.4, -0.2) is 29.8 Å². The van der Waals surface area contributed by atoms with Gasteiger partial charge in [0.05, 0.1) is 6.54 Å². The van der Waals surface area contributed by atoms with Crippen molar-refractivity contribution < 1.29 is 19.5 Å². The van der Waals surface area contributed by atoms with Gasteiger partial charge in [-0.2, -0.15) is 6.41 Å². The number of aryl methyl sites for hydroxylation is 1. The molecule has 0 unspecified atom stereocenters. The summed E-state index contributed by atoms with van der Waals surface area (Å²) in [7, 11) is 0. The molecule has 2 rings (SSSR count). The summed E-state index contributed by atoms with van der Waals surface area (Å²) in [6.45, 7) is 1.66. The summed E-state index contributed by atoms with van der Waals surface area (Å²) in [6, 6.07) is 7.72. The van der Waals surface area contributed by atoms with Gasteiger partial charge in [-0.05, 0) is 19.8 Å². The number of hydrogen-bond donors (Lipinski definition) is 2. The molecular weight excluding hydrogens is 539 g/mol. The van der Waals surface area contributed by atoms with Crippen molar-refractivity contribution in [3.05, 3.63) is 59.2 Å². The number of amides is 1. The van der Waals surface area contributed by atoms with E-state index in [1.54, 1.807) is 0 Å². The normalized spacial score (nSPS) is 12.0. The van der Waals surface area contributed by atoms with E-state index in [0.717, 1.165) is 24.0 Å². The number of carbonyl (C=O) groups excluding carboxylic acids is 2. The minimum absolute atomic E-state index is 0. The summed E-state index contributed by atoms with van der Waals surface area (Å²) in [6.07, 6.45) is 9.24. The summed E-state index contributed by atoms with van der Waals surface area (Å²) >= 11 is 0. The fourth-order valence-electron chi connectivity index (χ4n) is 1.77. The molecule has 1 aromatic carbocycles. The van der Waals surface area contributed by atoms with Gasteiger partial charge in [-0.25, -0.2) is 0 Å². The first-order valence-electron chi connectivity index (χ1n) is 6.84. The first-order chi connectivity index (χ1) is 10.5. The fourth-order valence-corrected chi connectivity index (χ4v) is 1.77. The van der Waals surface area contributed by atoms with E-state index in [4.69, 9.17) is 5.11 Å². The van der Waals surface area contributed by atoms with E-state index in [1.165, 1.54) is 12.0 Å². The predicted octanol–water partition coefficient (Wildman–Crippen LogP) is 2.18. The van der Waals surface area contributed by atoms with E-state index in [0.29, 0.717) is 0 Å². The molecule has 0 aromatic heterocycles. The number of carboxylic acids is 1. The molecule has 0 atom stereocenters. The number of aliphatic carboxylic acids is 1. The summed E-state index contributed by atoms with van der Waals surface area (Å²) in [5.41, 5.74) is 2.78. The molecule has 0 fully saturated rings. The average molecular weight is 557 g/mol. The first kappa shape index (κ1) is 19.3. The Balaban J connectivity index is 0.000000522. The molecule has 0 saturated carbocycles. The summed E-state index contributed by atoms with van der Waals surface area (Å²) in [5.74, 6) is -0.936. The molecule has 0 saturated heterocycles. The van der Waals surface area contributed by atoms with Gasteiger partial charge in [0, 0.05) is 11.1 Å². The molecule has 2 N–H and O–H groups in total. The van der Waals surface area contributed by atoms with E-state index >= 15 is 0 Å². The van der Waals surface area contributed by atoms with Crippen molar-refractivity contribution >= 4 is 18.2 Å². The maximum atomic E-state index is 12.0. The van der Waals surface area contributed by atoms with Crippen molar-refractivity contribution in [1.29, 1.82) is 0 Å². The molecule has 1 aliphatic rings. The zero-order valence-corrected chi connectivity index (χ0v) is 15.0. The third kappa shape index (κ3) is 7.04. The molecule has 23 heavy (non-hydrogen) atoms. The van der Waals surface area contributed by atoms with Crippen molar-refractivity contribution in [2.75, 3.05) is 6.54 Å². The van der Waals surface area contributed by atoms with Crippen LogP contribution in [0.2, 0.25) is 0 Å². The Labute approximate surface area is 129 Å². The number of rotatable bonds is 5. The molecule has 128 valence electrons. The zero-order chi connectivity index (χ0) is 16.4. The number of Topliss-reactive ketones (excluding diaryl/α,β-unsaturated/α-hetero) is 1. The van der Waals surface area contributed by atoms with Gasteiger partial charge in [-0.15, -0.1) is 0 Å². The van der Waals surface area contributed by atoms with Crippen LogP contribution in [0.3, 0.4) is 0 Å². The molecule has 0 bridgehead atoms. The minimum Gasteiger partial charge on any atom is -0.521 e. The molecule has 0 heterocycles. The number of hydrogen-bond acceptors (Lipinski definition) is 3. The van der Waals surface area contributed by atoms with Crippen LogP contribution in [0.15, 0.2) is 48.1 Å². The van der Waals surface area contributed by atoms with E-state index in [1.807, 2.05) is 48.7 Å². The molecule has 0 aliphatic heterocycles. The van der Waals surface area contributed by atoms with Crippen LogP contribution >= 0.6 is 0 Å². The van der Waals surface area contributed by atoms with Gasteiger partial charge < -0.3 is 15.2 Å². The summed E-state index contributed by atoms with van der Waals surface area (Å²) in [5, 5.41) is 9.65. The van der Waals surface area contributed by atoms with Crippen molar-refractivity contribution in [1.82, 2.24) is 5.32 Å². The molecule has 6 heteroatoms. The Hall–Kier alpha value is -3.69. The molecule has 1 aromatic rings. The van der Waals surface area contributed by atoms with Crippen molar-refractivity contribution in [2.45, 2.75) is 19.8 Å². The third-order valence-corrected chi connectivity index (χ3v) is 2.88. The molecule has 1 amide bonds. The molecule has 5 nitrogen and oxygen atoms in total. The standard InChI is InChI=1S/C14H14O.C3H4NO3.Fm/c1-11-7-9-13(10-8-11)14(15)12-5-3-2-4-6-12;5-2-4-1-3(6)7;/h3,5-10H,2,4H2,1H3;1H2,(H,4,5)(H,6,7);/q;-1;. The van der Waals surface area contributed by atoms with Crippen LogP contribution in [0.4, 0.5) is 0 Å². The summed E-state index contributed by atoms with van der Waals surface area (Å²) in [4.78, 5) is 30.7. The predicted molar refractivity (Wildman–Crippen MR) is 83.3 cm³/mol. The molecular formula is C17H18FmNO4-. The van der Waals surface area contributed by atoms with Crippen LogP contribution in [0.1, 0.15) is 28.8 Å².